The normalized spacial score (nSPS) is 14.8. The van der Waals surface area contributed by atoms with Gasteiger partial charge in [-0.2, -0.15) is 0 Å². The number of barbiturate groups is 1. The van der Waals surface area contributed by atoms with Crippen LogP contribution in [-0.4, -0.2) is 29.0 Å². The molecule has 5 rings (SSSR count). The van der Waals surface area contributed by atoms with Crippen molar-refractivity contribution in [2.75, 3.05) is 11.5 Å². The first-order chi connectivity index (χ1) is 18.8. The monoisotopic (exact) mass is 521 g/mol. The number of urea groups is 1. The van der Waals surface area contributed by atoms with Crippen molar-refractivity contribution >= 4 is 40.5 Å². The van der Waals surface area contributed by atoms with E-state index in [1.165, 1.54) is 11.1 Å². The Morgan fingerprint density at radius 2 is 1.64 bits per heavy atom. The quantitative estimate of drug-likeness (QED) is 0.176. The minimum Gasteiger partial charge on any atom is -0.494 e. The molecule has 0 aliphatic carbocycles. The van der Waals surface area contributed by atoms with Gasteiger partial charge in [-0.1, -0.05) is 43.3 Å². The van der Waals surface area contributed by atoms with Gasteiger partial charge in [0.1, 0.15) is 11.3 Å². The highest BCUT2D eigenvalue weighted by Crippen LogP contribution is 2.27. The first kappa shape index (κ1) is 26.0. The molecule has 4 amide bonds. The average Bonchev–Trinajstić information content (AvgIpc) is 3.26. The van der Waals surface area contributed by atoms with Gasteiger partial charge < -0.3 is 9.30 Å². The molecule has 0 bridgehead atoms. The van der Waals surface area contributed by atoms with E-state index in [9.17, 15) is 14.4 Å². The molecule has 7 heteroatoms. The second-order valence-corrected chi connectivity index (χ2v) is 9.80. The van der Waals surface area contributed by atoms with Crippen LogP contribution in [0.2, 0.25) is 0 Å². The maximum absolute atomic E-state index is 13.4. The lowest BCUT2D eigenvalue weighted by Gasteiger charge is -2.26. The van der Waals surface area contributed by atoms with Gasteiger partial charge in [0, 0.05) is 29.2 Å². The number of rotatable bonds is 8. The zero-order valence-corrected chi connectivity index (χ0v) is 22.4. The number of carbonyl (C=O) groups is 3. The maximum atomic E-state index is 13.4. The van der Waals surface area contributed by atoms with E-state index in [0.717, 1.165) is 45.5 Å². The third-order valence-corrected chi connectivity index (χ3v) is 6.83. The summed E-state index contributed by atoms with van der Waals surface area (Å²) in [5, 5.41) is 3.23. The lowest BCUT2D eigenvalue weighted by molar-refractivity contribution is -0.122. The van der Waals surface area contributed by atoms with E-state index >= 15 is 0 Å². The Hall–Kier alpha value is -4.65. The molecule has 2 heterocycles. The molecule has 0 unspecified atom stereocenters. The van der Waals surface area contributed by atoms with Crippen LogP contribution in [0.25, 0.3) is 17.0 Å². The number of aromatic nitrogens is 1. The lowest BCUT2D eigenvalue weighted by Crippen LogP contribution is -2.54. The number of hydrogen-bond acceptors (Lipinski definition) is 4. The molecule has 4 aromatic rings. The molecule has 198 valence electrons. The van der Waals surface area contributed by atoms with Crippen molar-refractivity contribution in [2.45, 2.75) is 40.2 Å². The van der Waals surface area contributed by atoms with E-state index < -0.39 is 17.8 Å². The summed E-state index contributed by atoms with van der Waals surface area (Å²) >= 11 is 0. The molecule has 7 nitrogen and oxygen atoms in total. The predicted molar refractivity (Wildman–Crippen MR) is 153 cm³/mol. The number of fused-ring (bicyclic) bond motifs is 1. The average molecular weight is 522 g/mol. The Morgan fingerprint density at radius 1 is 0.923 bits per heavy atom. The van der Waals surface area contributed by atoms with Gasteiger partial charge in [0.15, 0.2) is 0 Å². The van der Waals surface area contributed by atoms with Crippen molar-refractivity contribution < 1.29 is 19.1 Å². The molecular formula is C32H31N3O4. The van der Waals surface area contributed by atoms with E-state index in [0.29, 0.717) is 18.8 Å². The third-order valence-electron chi connectivity index (χ3n) is 6.83. The fourth-order valence-corrected chi connectivity index (χ4v) is 4.94. The van der Waals surface area contributed by atoms with E-state index in [1.54, 1.807) is 18.2 Å². The van der Waals surface area contributed by atoms with E-state index in [-0.39, 0.29) is 5.57 Å². The molecule has 1 N–H and O–H groups in total. The number of imide groups is 2. The molecule has 0 atom stereocenters. The lowest BCUT2D eigenvalue weighted by atomic mass is 10.1. The Balaban J connectivity index is 1.38. The minimum absolute atomic E-state index is 0.0878. The van der Waals surface area contributed by atoms with Crippen LogP contribution in [-0.2, 0) is 22.6 Å². The first-order valence-corrected chi connectivity index (χ1v) is 13.1. The van der Waals surface area contributed by atoms with E-state index in [4.69, 9.17) is 4.74 Å². The van der Waals surface area contributed by atoms with Gasteiger partial charge in [0.25, 0.3) is 11.8 Å². The van der Waals surface area contributed by atoms with E-state index in [2.05, 4.69) is 29.8 Å². The molecule has 1 aromatic heterocycles. The minimum atomic E-state index is -0.752. The SMILES string of the molecule is CCc1ccc(N2C(=O)NC(=O)/C(=C\c3cn(CCCOc4cc(C)cc(C)c4)c4ccccc34)C2=O)cc1. The Morgan fingerprint density at radius 3 is 2.36 bits per heavy atom. The van der Waals surface area contributed by atoms with Crippen LogP contribution in [0, 0.1) is 13.8 Å². The fourth-order valence-electron chi connectivity index (χ4n) is 4.94. The van der Waals surface area contributed by atoms with Crippen molar-refractivity contribution in [3.63, 3.8) is 0 Å². The number of aryl methyl sites for hydroxylation is 4. The van der Waals surface area contributed by atoms with Crippen molar-refractivity contribution in [2.24, 2.45) is 0 Å². The highest BCUT2D eigenvalue weighted by atomic mass is 16.5. The first-order valence-electron chi connectivity index (χ1n) is 13.1. The summed E-state index contributed by atoms with van der Waals surface area (Å²) in [4.78, 5) is 39.8. The van der Waals surface area contributed by atoms with E-state index in [1.807, 2.05) is 61.7 Å². The fraction of sp³-hybridized carbons (Fsp3) is 0.219. The van der Waals surface area contributed by atoms with Crippen LogP contribution in [0.5, 0.6) is 5.75 Å². The summed E-state index contributed by atoms with van der Waals surface area (Å²) in [7, 11) is 0. The zero-order chi connectivity index (χ0) is 27.5. The molecule has 0 saturated carbocycles. The van der Waals surface area contributed by atoms with Crippen LogP contribution in [0.3, 0.4) is 0 Å². The van der Waals surface area contributed by atoms with Crippen LogP contribution in [0.15, 0.2) is 78.5 Å². The molecule has 1 aliphatic heterocycles. The van der Waals surface area contributed by atoms with Gasteiger partial charge >= 0.3 is 6.03 Å². The molecule has 1 aliphatic rings. The largest absolute Gasteiger partial charge is 0.494 e. The second-order valence-electron chi connectivity index (χ2n) is 9.80. The van der Waals surface area contributed by atoms with Crippen LogP contribution >= 0.6 is 0 Å². The summed E-state index contributed by atoms with van der Waals surface area (Å²) in [6.07, 6.45) is 5.12. The van der Waals surface area contributed by atoms with Gasteiger partial charge in [-0.15, -0.1) is 0 Å². The number of benzene rings is 3. The van der Waals surface area contributed by atoms with Crippen molar-refractivity contribution in [1.82, 2.24) is 9.88 Å². The summed E-state index contributed by atoms with van der Waals surface area (Å²) in [6, 6.07) is 20.4. The highest BCUT2D eigenvalue weighted by molar-refractivity contribution is 6.39. The Kier molecular flexibility index (Phi) is 7.32. The summed E-state index contributed by atoms with van der Waals surface area (Å²) in [5.74, 6) is -0.489. The number of para-hydroxylation sites is 1. The highest BCUT2D eigenvalue weighted by Gasteiger charge is 2.37. The molecule has 3 aromatic carbocycles. The molecule has 1 fully saturated rings. The van der Waals surface area contributed by atoms with Gasteiger partial charge in [0.2, 0.25) is 0 Å². The van der Waals surface area contributed by atoms with Crippen molar-refractivity contribution in [3.8, 4) is 5.75 Å². The van der Waals surface area contributed by atoms with Crippen LogP contribution in [0.4, 0.5) is 10.5 Å². The zero-order valence-electron chi connectivity index (χ0n) is 22.4. The van der Waals surface area contributed by atoms with Gasteiger partial charge in [-0.05, 0) is 79.8 Å². The molecule has 0 radical (unpaired) electrons. The number of ether oxygens (including phenoxy) is 1. The maximum Gasteiger partial charge on any atom is 0.335 e. The Bertz CT molecular complexity index is 1580. The molecular weight excluding hydrogens is 490 g/mol. The smallest absolute Gasteiger partial charge is 0.335 e. The topological polar surface area (TPSA) is 80.6 Å². The molecule has 0 spiro atoms. The molecule has 39 heavy (non-hydrogen) atoms. The predicted octanol–water partition coefficient (Wildman–Crippen LogP) is 5.96. The van der Waals surface area contributed by atoms with Crippen molar-refractivity contribution in [3.05, 3.63) is 101 Å². The van der Waals surface area contributed by atoms with Gasteiger partial charge in [-0.25, -0.2) is 9.69 Å². The second kappa shape index (κ2) is 11.0. The standard InChI is InChI=1S/C32H31N3O4/c1-4-23-10-12-25(13-11-23)35-31(37)28(30(36)33-32(35)38)19-24-20-34(29-9-6-5-8-27(24)29)14-7-15-39-26-17-21(2)16-22(3)18-26/h5-6,8-13,16-20H,4,7,14-15H2,1-3H3,(H,33,36,38)/b28-19+. The number of amides is 4. The van der Waals surface area contributed by atoms with Gasteiger partial charge in [-0.3, -0.25) is 14.9 Å². The van der Waals surface area contributed by atoms with Crippen molar-refractivity contribution in [1.29, 1.82) is 0 Å². The van der Waals surface area contributed by atoms with Crippen LogP contribution < -0.4 is 15.0 Å². The van der Waals surface area contributed by atoms with Gasteiger partial charge in [0.05, 0.1) is 12.3 Å². The Labute approximate surface area is 227 Å². The van der Waals surface area contributed by atoms with Crippen LogP contribution in [0.1, 0.15) is 35.6 Å². The summed E-state index contributed by atoms with van der Waals surface area (Å²) in [6.45, 7) is 7.39. The summed E-state index contributed by atoms with van der Waals surface area (Å²) in [5.41, 5.74) is 5.46. The number of carbonyl (C=O) groups excluding carboxylic acids is 3. The third kappa shape index (κ3) is 5.48. The number of nitrogens with zero attached hydrogens (tertiary/aromatic N) is 2. The number of anilines is 1. The number of nitrogens with one attached hydrogen (secondary N) is 1. The number of hydrogen-bond donors (Lipinski definition) is 1. The summed E-state index contributed by atoms with van der Waals surface area (Å²) < 4.78 is 8.08. The molecule has 1 saturated heterocycles.